The predicted octanol–water partition coefficient (Wildman–Crippen LogP) is 9.64. The molecule has 0 aliphatic carbocycles. The quantitative estimate of drug-likeness (QED) is 0.226. The Kier molecular flexibility index (Phi) is 4.53. The first-order chi connectivity index (χ1) is 18.7. The predicted molar refractivity (Wildman–Crippen MR) is 160 cm³/mol. The number of furan rings is 1. The van der Waals surface area contributed by atoms with E-state index in [1.165, 1.54) is 43.8 Å². The molecule has 0 saturated carbocycles. The smallest absolute Gasteiger partial charge is 0.143 e. The van der Waals surface area contributed by atoms with Gasteiger partial charge in [-0.2, -0.15) is 0 Å². The van der Waals surface area contributed by atoms with Crippen LogP contribution >= 0.6 is 0 Å². The minimum atomic E-state index is 0.920. The van der Waals surface area contributed by atoms with E-state index in [1.807, 2.05) is 12.1 Å². The van der Waals surface area contributed by atoms with Crippen molar-refractivity contribution in [1.29, 1.82) is 0 Å². The van der Waals surface area contributed by atoms with Gasteiger partial charge in [-0.25, -0.2) is 0 Å². The summed E-state index contributed by atoms with van der Waals surface area (Å²) in [6.45, 7) is 0.920. The van der Waals surface area contributed by atoms with E-state index < -0.39 is 0 Å². The second-order valence-electron chi connectivity index (χ2n) is 10.3. The Hall–Kier alpha value is -4.82. The van der Waals surface area contributed by atoms with Gasteiger partial charge in [0.1, 0.15) is 11.2 Å². The van der Waals surface area contributed by atoms with Crippen molar-refractivity contribution >= 4 is 49.6 Å². The van der Waals surface area contributed by atoms with Gasteiger partial charge >= 0.3 is 0 Å². The number of rotatable bonds is 2. The van der Waals surface area contributed by atoms with Crippen molar-refractivity contribution < 1.29 is 4.42 Å². The summed E-state index contributed by atoms with van der Waals surface area (Å²) in [6.07, 6.45) is 4.44. The Balaban J connectivity index is 1.32. The van der Waals surface area contributed by atoms with E-state index in [9.17, 15) is 0 Å². The number of benzene rings is 6. The third-order valence-corrected chi connectivity index (χ3v) is 7.99. The highest BCUT2D eigenvalue weighted by Gasteiger charge is 2.17. The van der Waals surface area contributed by atoms with Crippen molar-refractivity contribution in [3.05, 3.63) is 127 Å². The van der Waals surface area contributed by atoms with Gasteiger partial charge < -0.3 is 9.32 Å². The van der Waals surface area contributed by atoms with E-state index in [2.05, 4.69) is 121 Å². The summed E-state index contributed by atoms with van der Waals surface area (Å²) in [4.78, 5) is 2.26. The lowest BCUT2D eigenvalue weighted by Crippen LogP contribution is -2.15. The molecule has 6 aromatic carbocycles. The molecule has 0 radical (unpaired) electrons. The van der Waals surface area contributed by atoms with Crippen LogP contribution in [0.3, 0.4) is 0 Å². The molecule has 0 saturated heterocycles. The van der Waals surface area contributed by atoms with Gasteiger partial charge in [0.25, 0.3) is 0 Å². The molecule has 2 heterocycles. The highest BCUT2D eigenvalue weighted by atomic mass is 16.3. The fourth-order valence-electron chi connectivity index (χ4n) is 6.18. The molecule has 180 valence electrons. The summed E-state index contributed by atoms with van der Waals surface area (Å²) in [6, 6.07) is 39.3. The molecule has 0 atom stereocenters. The Bertz CT molecular complexity index is 2080. The van der Waals surface area contributed by atoms with Crippen LogP contribution in [0.5, 0.6) is 0 Å². The standard InChI is InChI=1S/C36H25NO/c1-37-19-18-30-27-10-2-3-11-28(27)33-21-24(16-17-29(33)34(30)22-37)23-8-6-9-25(20-23)26-13-7-14-32-31-12-4-5-15-35(31)38-36(26)32/h2-21H,22H2,1H3. The second kappa shape index (κ2) is 8.09. The molecular weight excluding hydrogens is 462 g/mol. The number of para-hydroxylation sites is 2. The van der Waals surface area contributed by atoms with Gasteiger partial charge in [0, 0.05) is 29.9 Å². The molecule has 38 heavy (non-hydrogen) atoms. The Morgan fingerprint density at radius 3 is 2.24 bits per heavy atom. The van der Waals surface area contributed by atoms with Gasteiger partial charge in [-0.15, -0.1) is 0 Å². The Morgan fingerprint density at radius 2 is 1.32 bits per heavy atom. The molecule has 1 aliphatic rings. The first-order valence-corrected chi connectivity index (χ1v) is 13.1. The van der Waals surface area contributed by atoms with Crippen LogP contribution in [0.25, 0.3) is 71.8 Å². The summed E-state index contributed by atoms with van der Waals surface area (Å²) in [5, 5.41) is 7.59. The maximum atomic E-state index is 6.34. The number of hydrogen-bond acceptors (Lipinski definition) is 2. The lowest BCUT2D eigenvalue weighted by Gasteiger charge is -2.24. The van der Waals surface area contributed by atoms with Crippen molar-refractivity contribution in [1.82, 2.24) is 4.90 Å². The minimum absolute atomic E-state index is 0.920. The molecule has 2 heteroatoms. The van der Waals surface area contributed by atoms with Crippen molar-refractivity contribution in [3.8, 4) is 22.3 Å². The fraction of sp³-hybridized carbons (Fsp3) is 0.0556. The van der Waals surface area contributed by atoms with Crippen LogP contribution < -0.4 is 0 Å². The van der Waals surface area contributed by atoms with E-state index in [4.69, 9.17) is 4.42 Å². The van der Waals surface area contributed by atoms with Gasteiger partial charge in [0.05, 0.1) is 0 Å². The van der Waals surface area contributed by atoms with E-state index in [-0.39, 0.29) is 0 Å². The van der Waals surface area contributed by atoms with Gasteiger partial charge in [0.15, 0.2) is 0 Å². The van der Waals surface area contributed by atoms with Gasteiger partial charge in [0.2, 0.25) is 0 Å². The van der Waals surface area contributed by atoms with Crippen LogP contribution in [-0.4, -0.2) is 11.9 Å². The van der Waals surface area contributed by atoms with Crippen molar-refractivity contribution in [3.63, 3.8) is 0 Å². The SMILES string of the molecule is CN1C=Cc2c(c3ccc(-c4cccc(-c5cccc6c5oc5ccccc56)c4)cc3c3ccccc23)C1. The molecule has 1 aliphatic heterocycles. The van der Waals surface area contributed by atoms with Gasteiger partial charge in [-0.05, 0) is 79.8 Å². The molecule has 1 aromatic heterocycles. The Labute approximate surface area is 221 Å². The molecule has 0 N–H and O–H groups in total. The number of hydrogen-bond donors (Lipinski definition) is 0. The minimum Gasteiger partial charge on any atom is -0.455 e. The van der Waals surface area contributed by atoms with Crippen LogP contribution in [0.15, 0.2) is 120 Å². The second-order valence-corrected chi connectivity index (χ2v) is 10.3. The summed E-state index contributed by atoms with van der Waals surface area (Å²) in [5.41, 5.74) is 9.33. The van der Waals surface area contributed by atoms with Crippen LogP contribution in [-0.2, 0) is 6.54 Å². The number of nitrogens with zero attached hydrogens (tertiary/aromatic N) is 1. The van der Waals surface area contributed by atoms with E-state index in [0.717, 1.165) is 39.6 Å². The van der Waals surface area contributed by atoms with Gasteiger partial charge in [-0.3, -0.25) is 0 Å². The summed E-state index contributed by atoms with van der Waals surface area (Å²) in [5.74, 6) is 0. The monoisotopic (exact) mass is 487 g/mol. The van der Waals surface area contributed by atoms with Crippen molar-refractivity contribution in [2.75, 3.05) is 7.05 Å². The van der Waals surface area contributed by atoms with Crippen LogP contribution in [0.1, 0.15) is 11.1 Å². The fourth-order valence-corrected chi connectivity index (χ4v) is 6.18. The Morgan fingerprint density at radius 1 is 0.579 bits per heavy atom. The molecular formula is C36H25NO. The first kappa shape index (κ1) is 21.3. The molecule has 0 spiro atoms. The highest BCUT2D eigenvalue weighted by Crippen LogP contribution is 2.40. The maximum Gasteiger partial charge on any atom is 0.143 e. The zero-order valence-corrected chi connectivity index (χ0v) is 21.1. The molecule has 0 amide bonds. The average molecular weight is 488 g/mol. The van der Waals surface area contributed by atoms with E-state index in [1.54, 1.807) is 0 Å². The van der Waals surface area contributed by atoms with Gasteiger partial charge in [-0.1, -0.05) is 91.0 Å². The molecule has 2 nitrogen and oxygen atoms in total. The van der Waals surface area contributed by atoms with E-state index >= 15 is 0 Å². The molecule has 8 rings (SSSR count). The van der Waals surface area contributed by atoms with Crippen LogP contribution in [0.4, 0.5) is 0 Å². The first-order valence-electron chi connectivity index (χ1n) is 13.1. The zero-order chi connectivity index (χ0) is 25.2. The molecule has 0 fully saturated rings. The normalized spacial score (nSPS) is 13.1. The van der Waals surface area contributed by atoms with Crippen LogP contribution in [0.2, 0.25) is 0 Å². The molecule has 0 unspecified atom stereocenters. The highest BCUT2D eigenvalue weighted by molar-refractivity contribution is 6.14. The average Bonchev–Trinajstić information content (AvgIpc) is 3.36. The van der Waals surface area contributed by atoms with Crippen LogP contribution in [0, 0.1) is 0 Å². The third kappa shape index (κ3) is 3.13. The third-order valence-electron chi connectivity index (χ3n) is 7.99. The lowest BCUT2D eigenvalue weighted by molar-refractivity contribution is 0.450. The lowest BCUT2D eigenvalue weighted by atomic mass is 9.88. The topological polar surface area (TPSA) is 16.4 Å². The summed E-state index contributed by atoms with van der Waals surface area (Å²) >= 11 is 0. The molecule has 7 aromatic rings. The van der Waals surface area contributed by atoms with Crippen molar-refractivity contribution in [2.45, 2.75) is 6.54 Å². The van der Waals surface area contributed by atoms with Crippen molar-refractivity contribution in [2.24, 2.45) is 0 Å². The summed E-state index contributed by atoms with van der Waals surface area (Å²) < 4.78 is 6.34. The largest absolute Gasteiger partial charge is 0.455 e. The van der Waals surface area contributed by atoms with E-state index in [0.29, 0.717) is 0 Å². The number of fused-ring (bicyclic) bond motifs is 9. The maximum absolute atomic E-state index is 6.34. The summed E-state index contributed by atoms with van der Waals surface area (Å²) in [7, 11) is 2.14. The molecule has 0 bridgehead atoms. The zero-order valence-electron chi connectivity index (χ0n) is 21.1.